The number of aliphatic hydroxyl groups is 1. The van der Waals surface area contributed by atoms with Crippen LogP contribution in [0.4, 0.5) is 0 Å². The third-order valence-corrected chi connectivity index (χ3v) is 6.14. The van der Waals surface area contributed by atoms with Gasteiger partial charge < -0.3 is 15.0 Å². The van der Waals surface area contributed by atoms with Gasteiger partial charge in [-0.3, -0.25) is 4.57 Å². The summed E-state index contributed by atoms with van der Waals surface area (Å²) in [5.74, 6) is 0. The van der Waals surface area contributed by atoms with E-state index in [9.17, 15) is 9.90 Å². The van der Waals surface area contributed by atoms with Crippen molar-refractivity contribution in [2.45, 2.75) is 31.4 Å². The monoisotopic (exact) mass is 419 g/mol. The van der Waals surface area contributed by atoms with E-state index in [4.69, 9.17) is 23.2 Å². The summed E-state index contributed by atoms with van der Waals surface area (Å²) < 4.78 is 1.76. The molecule has 2 N–H and O–H groups in total. The molecule has 0 aliphatic carbocycles. The van der Waals surface area contributed by atoms with Crippen molar-refractivity contribution < 1.29 is 5.11 Å². The molecule has 0 amide bonds. The molecule has 0 spiro atoms. The molecule has 3 aromatic rings. The molecule has 1 saturated heterocycles. The first-order valence-electron chi connectivity index (χ1n) is 9.53. The number of rotatable bonds is 5. The van der Waals surface area contributed by atoms with Gasteiger partial charge in [-0.2, -0.15) is 0 Å². The number of likely N-dealkylation sites (tertiary alicyclic amines) is 1. The molecule has 7 heteroatoms. The molecule has 0 radical (unpaired) electrons. The van der Waals surface area contributed by atoms with Gasteiger partial charge in [0.1, 0.15) is 0 Å². The summed E-state index contributed by atoms with van der Waals surface area (Å²) in [5, 5.41) is 12.3. The Morgan fingerprint density at radius 1 is 1.00 bits per heavy atom. The minimum atomic E-state index is -0.784. The lowest BCUT2D eigenvalue weighted by Crippen LogP contribution is -2.43. The number of aryl methyl sites for hydroxylation is 1. The fourth-order valence-electron chi connectivity index (χ4n) is 4.01. The van der Waals surface area contributed by atoms with Crippen molar-refractivity contribution >= 4 is 34.2 Å². The molecule has 0 unspecified atom stereocenters. The number of halogens is 2. The predicted octanol–water partition coefficient (Wildman–Crippen LogP) is 4.01. The molecule has 0 saturated carbocycles. The molecular weight excluding hydrogens is 397 g/mol. The number of hydrogen-bond acceptors (Lipinski definition) is 3. The smallest absolute Gasteiger partial charge is 0.326 e. The summed E-state index contributed by atoms with van der Waals surface area (Å²) in [6, 6.07) is 12.9. The van der Waals surface area contributed by atoms with Gasteiger partial charge in [-0.15, -0.1) is 0 Å². The zero-order valence-corrected chi connectivity index (χ0v) is 17.0. The lowest BCUT2D eigenvalue weighted by atomic mass is 9.84. The zero-order valence-electron chi connectivity index (χ0n) is 15.5. The van der Waals surface area contributed by atoms with Crippen molar-refractivity contribution in [3.8, 4) is 0 Å². The number of piperidine rings is 1. The summed E-state index contributed by atoms with van der Waals surface area (Å²) in [6.45, 7) is 3.21. The van der Waals surface area contributed by atoms with Crippen LogP contribution in [0.1, 0.15) is 24.8 Å². The van der Waals surface area contributed by atoms with E-state index < -0.39 is 5.60 Å². The van der Waals surface area contributed by atoms with Crippen LogP contribution in [0, 0.1) is 0 Å². The number of aromatic nitrogens is 2. The summed E-state index contributed by atoms with van der Waals surface area (Å²) in [4.78, 5) is 17.4. The summed E-state index contributed by atoms with van der Waals surface area (Å²) in [6.07, 6.45) is 2.26. The van der Waals surface area contributed by atoms with Crippen LogP contribution >= 0.6 is 23.2 Å². The molecule has 1 aliphatic heterocycles. The molecule has 0 atom stereocenters. The Kier molecular flexibility index (Phi) is 5.52. The van der Waals surface area contributed by atoms with Gasteiger partial charge in [-0.25, -0.2) is 4.79 Å². The molecule has 1 fully saturated rings. The van der Waals surface area contributed by atoms with E-state index in [2.05, 4.69) is 9.88 Å². The van der Waals surface area contributed by atoms with Crippen LogP contribution in [-0.2, 0) is 12.1 Å². The van der Waals surface area contributed by atoms with E-state index in [1.807, 2.05) is 30.3 Å². The van der Waals surface area contributed by atoms with Gasteiger partial charge >= 0.3 is 5.69 Å². The molecule has 1 aliphatic rings. The van der Waals surface area contributed by atoms with E-state index in [0.717, 1.165) is 42.7 Å². The first-order valence-corrected chi connectivity index (χ1v) is 10.3. The van der Waals surface area contributed by atoms with Crippen LogP contribution in [0.15, 0.2) is 47.3 Å². The van der Waals surface area contributed by atoms with Crippen LogP contribution in [-0.4, -0.2) is 39.2 Å². The number of H-pyrrole nitrogens is 1. The highest BCUT2D eigenvalue weighted by Gasteiger charge is 2.33. The van der Waals surface area contributed by atoms with Gasteiger partial charge in [0.15, 0.2) is 0 Å². The van der Waals surface area contributed by atoms with Gasteiger partial charge in [0, 0.05) is 29.7 Å². The number of aromatic amines is 1. The maximum absolute atomic E-state index is 12.2. The molecule has 5 nitrogen and oxygen atoms in total. The van der Waals surface area contributed by atoms with Crippen LogP contribution < -0.4 is 5.69 Å². The SMILES string of the molecule is O=c1[nH]c2cc(Cl)ccc2n1CCCN1CCC(O)(c2ccc(Cl)cc2)CC1. The Labute approximate surface area is 173 Å². The van der Waals surface area contributed by atoms with Crippen molar-refractivity contribution in [1.82, 2.24) is 14.5 Å². The minimum absolute atomic E-state index is 0.104. The van der Waals surface area contributed by atoms with Crippen LogP contribution in [0.5, 0.6) is 0 Å². The first kappa shape index (κ1) is 19.5. The molecule has 28 heavy (non-hydrogen) atoms. The van der Waals surface area contributed by atoms with E-state index in [-0.39, 0.29) is 5.69 Å². The summed E-state index contributed by atoms with van der Waals surface area (Å²) >= 11 is 11.9. The second kappa shape index (κ2) is 7.91. The quantitative estimate of drug-likeness (QED) is 0.656. The number of nitrogens with one attached hydrogen (secondary N) is 1. The van der Waals surface area contributed by atoms with E-state index in [1.54, 1.807) is 16.7 Å². The van der Waals surface area contributed by atoms with Crippen LogP contribution in [0.3, 0.4) is 0 Å². The normalized spacial score (nSPS) is 17.2. The molecule has 4 rings (SSSR count). The third-order valence-electron chi connectivity index (χ3n) is 5.66. The number of imidazole rings is 1. The second-order valence-electron chi connectivity index (χ2n) is 7.48. The van der Waals surface area contributed by atoms with Crippen LogP contribution in [0.25, 0.3) is 11.0 Å². The minimum Gasteiger partial charge on any atom is -0.385 e. The summed E-state index contributed by atoms with van der Waals surface area (Å²) in [7, 11) is 0. The molecule has 1 aromatic heterocycles. The highest BCUT2D eigenvalue weighted by Crippen LogP contribution is 2.33. The van der Waals surface area contributed by atoms with E-state index in [1.165, 1.54) is 0 Å². The predicted molar refractivity (Wildman–Crippen MR) is 113 cm³/mol. The standard InChI is InChI=1S/C21H23Cl2N3O2/c22-16-4-2-15(3-5-16)21(28)8-12-25(13-9-21)10-1-11-26-19-7-6-17(23)14-18(19)24-20(26)27/h2-7,14,28H,1,8-13H2,(H,24,27). The van der Waals surface area contributed by atoms with Gasteiger partial charge in [-0.1, -0.05) is 35.3 Å². The fraction of sp³-hybridized carbons (Fsp3) is 0.381. The largest absolute Gasteiger partial charge is 0.385 e. The second-order valence-corrected chi connectivity index (χ2v) is 8.35. The van der Waals surface area contributed by atoms with Crippen molar-refractivity contribution in [3.05, 3.63) is 68.6 Å². The maximum Gasteiger partial charge on any atom is 0.326 e. The molecule has 2 heterocycles. The summed E-state index contributed by atoms with van der Waals surface area (Å²) in [5.41, 5.74) is 1.69. The third kappa shape index (κ3) is 3.98. The van der Waals surface area contributed by atoms with Gasteiger partial charge in [-0.05, 0) is 61.7 Å². The molecule has 2 aromatic carbocycles. The highest BCUT2D eigenvalue weighted by atomic mass is 35.5. The number of fused-ring (bicyclic) bond motifs is 1. The first-order chi connectivity index (χ1) is 13.4. The van der Waals surface area contributed by atoms with Gasteiger partial charge in [0.05, 0.1) is 16.6 Å². The molecular formula is C21H23Cl2N3O2. The van der Waals surface area contributed by atoms with Crippen molar-refractivity contribution in [2.24, 2.45) is 0 Å². The van der Waals surface area contributed by atoms with Crippen LogP contribution in [0.2, 0.25) is 10.0 Å². The Morgan fingerprint density at radius 3 is 2.39 bits per heavy atom. The lowest BCUT2D eigenvalue weighted by Gasteiger charge is -2.38. The van der Waals surface area contributed by atoms with E-state index >= 15 is 0 Å². The fourth-order valence-corrected chi connectivity index (χ4v) is 4.30. The Hall–Kier alpha value is -1.79. The lowest BCUT2D eigenvalue weighted by molar-refractivity contribution is -0.0261. The average Bonchev–Trinajstić information content (AvgIpc) is 2.98. The molecule has 148 valence electrons. The zero-order chi connectivity index (χ0) is 19.7. The number of hydrogen-bond donors (Lipinski definition) is 2. The average molecular weight is 420 g/mol. The number of benzene rings is 2. The Balaban J connectivity index is 1.33. The van der Waals surface area contributed by atoms with E-state index in [0.29, 0.717) is 29.4 Å². The molecule has 0 bridgehead atoms. The van der Waals surface area contributed by atoms with Gasteiger partial charge in [0.2, 0.25) is 0 Å². The maximum atomic E-state index is 12.2. The Morgan fingerprint density at radius 2 is 1.68 bits per heavy atom. The topological polar surface area (TPSA) is 61.3 Å². The van der Waals surface area contributed by atoms with Crippen molar-refractivity contribution in [1.29, 1.82) is 0 Å². The highest BCUT2D eigenvalue weighted by molar-refractivity contribution is 6.31. The van der Waals surface area contributed by atoms with Crippen molar-refractivity contribution in [3.63, 3.8) is 0 Å². The number of nitrogens with zero attached hydrogens (tertiary/aromatic N) is 2. The van der Waals surface area contributed by atoms with Crippen molar-refractivity contribution in [2.75, 3.05) is 19.6 Å². The Bertz CT molecular complexity index is 1020. The van der Waals surface area contributed by atoms with Gasteiger partial charge in [0.25, 0.3) is 0 Å².